The first-order chi connectivity index (χ1) is 12.0. The van der Waals surface area contributed by atoms with Crippen molar-refractivity contribution in [2.75, 3.05) is 18.4 Å². The fourth-order valence-electron chi connectivity index (χ4n) is 3.15. The van der Waals surface area contributed by atoms with Gasteiger partial charge in [0.15, 0.2) is 0 Å². The van der Waals surface area contributed by atoms with Crippen LogP contribution in [0.2, 0.25) is 0 Å². The average Bonchev–Trinajstić information content (AvgIpc) is 3.18. The van der Waals surface area contributed by atoms with Crippen LogP contribution in [0.3, 0.4) is 0 Å². The topological polar surface area (TPSA) is 68.2 Å². The van der Waals surface area contributed by atoms with Crippen molar-refractivity contribution in [2.45, 2.75) is 19.5 Å². The maximum Gasteiger partial charge on any atom is 0.387 e. The van der Waals surface area contributed by atoms with Crippen molar-refractivity contribution in [3.63, 3.8) is 0 Å². The Kier molecular flexibility index (Phi) is 6.55. The Morgan fingerprint density at radius 1 is 1.42 bits per heavy atom. The van der Waals surface area contributed by atoms with Crippen molar-refractivity contribution in [2.24, 2.45) is 13.0 Å². The van der Waals surface area contributed by atoms with Crippen LogP contribution in [0.4, 0.5) is 14.5 Å². The number of ether oxygens (including phenoxy) is 1. The molecule has 0 radical (unpaired) electrons. The SMILES string of the molecule is Cc1cccc(OC(F)F)c1NC(=O)[C@H]1CNC[C@@H]1c1cnn(C)c1.Cl. The van der Waals surface area contributed by atoms with Crippen LogP contribution < -0.4 is 15.4 Å². The molecule has 6 nitrogen and oxygen atoms in total. The Labute approximate surface area is 156 Å². The smallest absolute Gasteiger partial charge is 0.387 e. The molecular weight excluding hydrogens is 366 g/mol. The summed E-state index contributed by atoms with van der Waals surface area (Å²) in [5, 5.41) is 10.1. The van der Waals surface area contributed by atoms with Gasteiger partial charge in [0.2, 0.25) is 5.91 Å². The number of alkyl halides is 2. The van der Waals surface area contributed by atoms with Crippen molar-refractivity contribution in [1.82, 2.24) is 15.1 Å². The van der Waals surface area contributed by atoms with E-state index in [-0.39, 0.29) is 41.6 Å². The van der Waals surface area contributed by atoms with E-state index < -0.39 is 6.61 Å². The number of hydrogen-bond acceptors (Lipinski definition) is 4. The molecule has 0 aliphatic carbocycles. The van der Waals surface area contributed by atoms with Crippen molar-refractivity contribution < 1.29 is 18.3 Å². The minimum absolute atomic E-state index is 0. The molecule has 2 aromatic rings. The summed E-state index contributed by atoms with van der Waals surface area (Å²) in [4.78, 5) is 12.8. The van der Waals surface area contributed by atoms with Crippen LogP contribution in [0.25, 0.3) is 0 Å². The zero-order valence-electron chi connectivity index (χ0n) is 14.4. The molecule has 1 amide bonds. The van der Waals surface area contributed by atoms with E-state index in [1.165, 1.54) is 6.07 Å². The minimum atomic E-state index is -2.95. The van der Waals surface area contributed by atoms with Gasteiger partial charge in [0, 0.05) is 32.3 Å². The number of anilines is 1. The van der Waals surface area contributed by atoms with Gasteiger partial charge < -0.3 is 15.4 Å². The van der Waals surface area contributed by atoms with Gasteiger partial charge in [-0.1, -0.05) is 12.1 Å². The predicted molar refractivity (Wildman–Crippen MR) is 96.0 cm³/mol. The highest BCUT2D eigenvalue weighted by molar-refractivity contribution is 5.95. The lowest BCUT2D eigenvalue weighted by molar-refractivity contribution is -0.119. The van der Waals surface area contributed by atoms with Crippen LogP contribution in [0.1, 0.15) is 17.0 Å². The molecule has 0 spiro atoms. The van der Waals surface area contributed by atoms with Crippen LogP contribution in [0, 0.1) is 12.8 Å². The molecule has 0 unspecified atom stereocenters. The van der Waals surface area contributed by atoms with Crippen molar-refractivity contribution >= 4 is 24.0 Å². The quantitative estimate of drug-likeness (QED) is 0.829. The molecule has 1 aliphatic heterocycles. The van der Waals surface area contributed by atoms with Gasteiger partial charge in [0.05, 0.1) is 17.8 Å². The molecule has 142 valence electrons. The largest absolute Gasteiger partial charge is 0.433 e. The summed E-state index contributed by atoms with van der Waals surface area (Å²) in [5.41, 5.74) is 1.92. The molecule has 3 rings (SSSR count). The number of benzene rings is 1. The van der Waals surface area contributed by atoms with Gasteiger partial charge >= 0.3 is 6.61 Å². The van der Waals surface area contributed by atoms with Crippen LogP contribution >= 0.6 is 12.4 Å². The standard InChI is InChI=1S/C17H20F2N4O2.ClH/c1-10-4-3-5-14(25-17(18)19)15(10)22-16(24)13-8-20-7-12(13)11-6-21-23(2)9-11;/h3-6,9,12-13,17,20H,7-8H2,1-2H3,(H,22,24);1H/t12-,13+;/m1./s1. The van der Waals surface area contributed by atoms with Crippen LogP contribution in [0.15, 0.2) is 30.6 Å². The minimum Gasteiger partial charge on any atom is -0.433 e. The molecular formula is C17H21ClF2N4O2. The Bertz CT molecular complexity index is 769. The summed E-state index contributed by atoms with van der Waals surface area (Å²) in [6.07, 6.45) is 3.63. The molecule has 1 aromatic carbocycles. The van der Waals surface area contributed by atoms with Crippen molar-refractivity contribution in [3.05, 3.63) is 41.7 Å². The summed E-state index contributed by atoms with van der Waals surface area (Å²) in [5.74, 6) is -0.597. The van der Waals surface area contributed by atoms with Crippen LogP contribution in [0.5, 0.6) is 5.75 Å². The van der Waals surface area contributed by atoms with Gasteiger partial charge in [0.25, 0.3) is 0 Å². The number of aryl methyl sites for hydroxylation is 2. The number of carbonyl (C=O) groups excluding carboxylic acids is 1. The molecule has 1 fully saturated rings. The predicted octanol–water partition coefficient (Wildman–Crippen LogP) is 2.69. The zero-order valence-corrected chi connectivity index (χ0v) is 15.2. The first kappa shape index (κ1) is 20.1. The summed E-state index contributed by atoms with van der Waals surface area (Å²) in [6, 6.07) is 4.76. The number of aromatic nitrogens is 2. The lowest BCUT2D eigenvalue weighted by atomic mass is 9.90. The number of hydrogen-bond donors (Lipinski definition) is 2. The van der Waals surface area contributed by atoms with Gasteiger partial charge in [0.1, 0.15) is 5.75 Å². The highest BCUT2D eigenvalue weighted by atomic mass is 35.5. The lowest BCUT2D eigenvalue weighted by Gasteiger charge is -2.19. The van der Waals surface area contributed by atoms with E-state index in [4.69, 9.17) is 0 Å². The first-order valence-corrected chi connectivity index (χ1v) is 8.00. The van der Waals surface area contributed by atoms with E-state index in [1.807, 2.05) is 13.2 Å². The summed E-state index contributed by atoms with van der Waals surface area (Å²) in [7, 11) is 1.82. The fraction of sp³-hybridized carbons (Fsp3) is 0.412. The molecule has 0 saturated carbocycles. The van der Waals surface area contributed by atoms with Gasteiger partial charge in [-0.25, -0.2) is 0 Å². The second-order valence-electron chi connectivity index (χ2n) is 6.13. The van der Waals surface area contributed by atoms with Gasteiger partial charge in [-0.05, 0) is 24.1 Å². The van der Waals surface area contributed by atoms with E-state index in [0.29, 0.717) is 18.7 Å². The number of carbonyl (C=O) groups is 1. The van der Waals surface area contributed by atoms with Crippen molar-refractivity contribution in [1.29, 1.82) is 0 Å². The Balaban J connectivity index is 0.00000243. The number of rotatable bonds is 5. The highest BCUT2D eigenvalue weighted by Crippen LogP contribution is 2.33. The van der Waals surface area contributed by atoms with Gasteiger partial charge in [-0.2, -0.15) is 13.9 Å². The zero-order chi connectivity index (χ0) is 18.0. The van der Waals surface area contributed by atoms with E-state index in [9.17, 15) is 13.6 Å². The number of amides is 1. The second-order valence-corrected chi connectivity index (χ2v) is 6.13. The van der Waals surface area contributed by atoms with Crippen LogP contribution in [-0.4, -0.2) is 35.4 Å². The maximum absolute atomic E-state index is 12.8. The summed E-state index contributed by atoms with van der Waals surface area (Å²) >= 11 is 0. The monoisotopic (exact) mass is 386 g/mol. The highest BCUT2D eigenvalue weighted by Gasteiger charge is 2.35. The first-order valence-electron chi connectivity index (χ1n) is 8.00. The number of nitrogens with zero attached hydrogens (tertiary/aromatic N) is 2. The molecule has 2 atom stereocenters. The molecule has 1 saturated heterocycles. The molecule has 2 heterocycles. The number of nitrogens with one attached hydrogen (secondary N) is 2. The maximum atomic E-state index is 12.8. The van der Waals surface area contributed by atoms with E-state index in [0.717, 1.165) is 5.56 Å². The average molecular weight is 387 g/mol. The van der Waals surface area contributed by atoms with Gasteiger partial charge in [-0.3, -0.25) is 9.48 Å². The number of halogens is 3. The third-order valence-electron chi connectivity index (χ3n) is 4.40. The van der Waals surface area contributed by atoms with Crippen LogP contribution in [-0.2, 0) is 11.8 Å². The molecule has 9 heteroatoms. The molecule has 1 aliphatic rings. The number of para-hydroxylation sites is 1. The van der Waals surface area contributed by atoms with E-state index in [1.54, 1.807) is 29.9 Å². The molecule has 2 N–H and O–H groups in total. The summed E-state index contributed by atoms with van der Waals surface area (Å²) < 4.78 is 31.4. The fourth-order valence-corrected chi connectivity index (χ4v) is 3.15. The van der Waals surface area contributed by atoms with Gasteiger partial charge in [-0.15, -0.1) is 12.4 Å². The molecule has 1 aromatic heterocycles. The Hall–Kier alpha value is -2.19. The third-order valence-corrected chi connectivity index (χ3v) is 4.40. The molecule has 0 bridgehead atoms. The third kappa shape index (κ3) is 4.31. The molecule has 26 heavy (non-hydrogen) atoms. The van der Waals surface area contributed by atoms with E-state index in [2.05, 4.69) is 20.5 Å². The normalized spacial score (nSPS) is 19.3. The Morgan fingerprint density at radius 2 is 2.19 bits per heavy atom. The lowest BCUT2D eigenvalue weighted by Crippen LogP contribution is -2.28. The summed E-state index contributed by atoms with van der Waals surface area (Å²) in [6.45, 7) is -0.0339. The van der Waals surface area contributed by atoms with E-state index >= 15 is 0 Å². The van der Waals surface area contributed by atoms with Crippen molar-refractivity contribution in [3.8, 4) is 5.75 Å². The Morgan fingerprint density at radius 3 is 2.85 bits per heavy atom. The second kappa shape index (κ2) is 8.46.